The van der Waals surface area contributed by atoms with Crippen molar-refractivity contribution in [2.75, 3.05) is 4.90 Å². The Morgan fingerprint density at radius 1 is 1.64 bits per heavy atom. The van der Waals surface area contributed by atoms with Crippen molar-refractivity contribution in [3.8, 4) is 0 Å². The van der Waals surface area contributed by atoms with Crippen LogP contribution in [0.2, 0.25) is 0 Å². The molecule has 0 bridgehead atoms. The van der Waals surface area contributed by atoms with Crippen LogP contribution in [0.5, 0.6) is 0 Å². The predicted molar refractivity (Wildman–Crippen MR) is 52.5 cm³/mol. The van der Waals surface area contributed by atoms with Gasteiger partial charge in [-0.2, -0.15) is 11.3 Å². The molecule has 1 amide bonds. The third-order valence-corrected chi connectivity index (χ3v) is 2.95. The van der Waals surface area contributed by atoms with Crippen LogP contribution in [0, 0.1) is 0 Å². The normalized spacial score (nSPS) is 21.6. The first-order valence-corrected chi connectivity index (χ1v) is 5.21. The Kier molecular flexibility index (Phi) is 2.25. The van der Waals surface area contributed by atoms with Crippen LogP contribution in [0.3, 0.4) is 0 Å². The van der Waals surface area contributed by atoms with Crippen LogP contribution in [-0.2, 0) is 9.59 Å². The zero-order valence-corrected chi connectivity index (χ0v) is 8.16. The highest BCUT2D eigenvalue weighted by atomic mass is 32.1. The van der Waals surface area contributed by atoms with Crippen LogP contribution in [0.4, 0.5) is 5.69 Å². The second-order valence-electron chi connectivity index (χ2n) is 3.14. The Morgan fingerprint density at radius 2 is 2.43 bits per heavy atom. The van der Waals surface area contributed by atoms with Crippen molar-refractivity contribution in [3.63, 3.8) is 0 Å². The Hall–Kier alpha value is -1.36. The van der Waals surface area contributed by atoms with Gasteiger partial charge in [0.1, 0.15) is 6.04 Å². The molecule has 2 heterocycles. The first-order valence-electron chi connectivity index (χ1n) is 4.27. The average Bonchev–Trinajstić information content (AvgIpc) is 2.71. The number of hydrogen-bond donors (Lipinski definition) is 1. The maximum absolute atomic E-state index is 11.5. The Bertz CT molecular complexity index is 360. The molecule has 0 aliphatic carbocycles. The molecule has 1 aromatic heterocycles. The molecule has 1 aromatic rings. The molecule has 5 heteroatoms. The quantitative estimate of drug-likeness (QED) is 0.802. The van der Waals surface area contributed by atoms with Gasteiger partial charge in [-0.05, 0) is 17.9 Å². The van der Waals surface area contributed by atoms with E-state index in [1.54, 1.807) is 11.4 Å². The number of anilines is 1. The van der Waals surface area contributed by atoms with Gasteiger partial charge in [-0.15, -0.1) is 0 Å². The molecule has 1 N–H and O–H groups in total. The summed E-state index contributed by atoms with van der Waals surface area (Å²) in [7, 11) is 0. The van der Waals surface area contributed by atoms with Crippen LogP contribution in [0.1, 0.15) is 12.8 Å². The minimum Gasteiger partial charge on any atom is -0.480 e. The van der Waals surface area contributed by atoms with Gasteiger partial charge in [0, 0.05) is 11.8 Å². The molecule has 0 unspecified atom stereocenters. The molecule has 0 saturated carbocycles. The second-order valence-corrected chi connectivity index (χ2v) is 3.92. The fraction of sp³-hybridized carbons (Fsp3) is 0.333. The summed E-state index contributed by atoms with van der Waals surface area (Å²) in [6, 6.07) is 1.08. The van der Waals surface area contributed by atoms with E-state index in [0.29, 0.717) is 18.5 Å². The van der Waals surface area contributed by atoms with Crippen LogP contribution in [0.25, 0.3) is 0 Å². The zero-order chi connectivity index (χ0) is 10.1. The van der Waals surface area contributed by atoms with E-state index in [-0.39, 0.29) is 5.91 Å². The minimum atomic E-state index is -0.929. The third kappa shape index (κ3) is 1.39. The van der Waals surface area contributed by atoms with Crippen LogP contribution >= 0.6 is 11.3 Å². The number of aliphatic carboxylic acids is 1. The number of rotatable bonds is 2. The highest BCUT2D eigenvalue weighted by Gasteiger charge is 2.37. The molecular weight excluding hydrogens is 202 g/mol. The summed E-state index contributed by atoms with van der Waals surface area (Å²) in [5.41, 5.74) is 0.699. The van der Waals surface area contributed by atoms with Crippen molar-refractivity contribution >= 4 is 28.9 Å². The monoisotopic (exact) mass is 211 g/mol. The summed E-state index contributed by atoms with van der Waals surface area (Å²) in [5, 5.41) is 12.5. The van der Waals surface area contributed by atoms with E-state index in [1.165, 1.54) is 16.2 Å². The van der Waals surface area contributed by atoms with Crippen molar-refractivity contribution in [2.24, 2.45) is 0 Å². The molecule has 0 radical (unpaired) electrons. The van der Waals surface area contributed by atoms with E-state index in [2.05, 4.69) is 0 Å². The lowest BCUT2D eigenvalue weighted by Crippen LogP contribution is -2.38. The van der Waals surface area contributed by atoms with Crippen molar-refractivity contribution in [1.29, 1.82) is 0 Å². The van der Waals surface area contributed by atoms with Crippen LogP contribution < -0.4 is 4.90 Å². The van der Waals surface area contributed by atoms with Crippen molar-refractivity contribution < 1.29 is 14.7 Å². The number of carboxylic acids is 1. The fourth-order valence-electron chi connectivity index (χ4n) is 1.64. The molecule has 0 aromatic carbocycles. The van der Waals surface area contributed by atoms with E-state index in [0.717, 1.165) is 0 Å². The molecule has 4 nitrogen and oxygen atoms in total. The topological polar surface area (TPSA) is 57.6 Å². The van der Waals surface area contributed by atoms with Gasteiger partial charge in [0.25, 0.3) is 0 Å². The number of carboxylic acid groups (broad SMARTS) is 1. The molecule has 74 valence electrons. The van der Waals surface area contributed by atoms with E-state index in [1.807, 2.05) is 5.38 Å². The van der Waals surface area contributed by atoms with E-state index in [9.17, 15) is 9.59 Å². The molecule has 1 fully saturated rings. The first kappa shape index (κ1) is 9.21. The van der Waals surface area contributed by atoms with E-state index in [4.69, 9.17) is 5.11 Å². The maximum atomic E-state index is 11.5. The molecule has 0 spiro atoms. The molecule has 1 atom stereocenters. The fourth-order valence-corrected chi connectivity index (χ4v) is 2.26. The lowest BCUT2D eigenvalue weighted by atomic mass is 10.2. The van der Waals surface area contributed by atoms with Gasteiger partial charge in [-0.25, -0.2) is 4.79 Å². The highest BCUT2D eigenvalue weighted by Crippen LogP contribution is 2.28. The van der Waals surface area contributed by atoms with Crippen molar-refractivity contribution in [3.05, 3.63) is 16.8 Å². The summed E-state index contributed by atoms with van der Waals surface area (Å²) in [6.45, 7) is 0. The van der Waals surface area contributed by atoms with E-state index < -0.39 is 12.0 Å². The summed E-state index contributed by atoms with van der Waals surface area (Å²) in [4.78, 5) is 23.7. The van der Waals surface area contributed by atoms with Gasteiger partial charge in [0.2, 0.25) is 5.91 Å². The first-order chi connectivity index (χ1) is 6.70. The van der Waals surface area contributed by atoms with Crippen LogP contribution in [0.15, 0.2) is 16.8 Å². The van der Waals surface area contributed by atoms with Gasteiger partial charge >= 0.3 is 5.97 Å². The van der Waals surface area contributed by atoms with Gasteiger partial charge in [-0.3, -0.25) is 9.69 Å². The van der Waals surface area contributed by atoms with E-state index >= 15 is 0 Å². The van der Waals surface area contributed by atoms with Gasteiger partial charge < -0.3 is 5.11 Å². The van der Waals surface area contributed by atoms with Gasteiger partial charge in [0.05, 0.1) is 5.69 Å². The molecular formula is C9H9NO3S. The van der Waals surface area contributed by atoms with Crippen molar-refractivity contribution in [2.45, 2.75) is 18.9 Å². The average molecular weight is 211 g/mol. The maximum Gasteiger partial charge on any atom is 0.326 e. The largest absolute Gasteiger partial charge is 0.480 e. The summed E-state index contributed by atoms with van der Waals surface area (Å²) in [5.74, 6) is -1.03. The highest BCUT2D eigenvalue weighted by molar-refractivity contribution is 7.08. The Labute approximate surface area is 84.8 Å². The summed E-state index contributed by atoms with van der Waals surface area (Å²) in [6.07, 6.45) is 0.733. The molecule has 1 aliphatic rings. The number of nitrogens with zero attached hydrogens (tertiary/aromatic N) is 1. The SMILES string of the molecule is O=C(O)[C@@H]1CCC(=O)N1c1ccsc1. The minimum absolute atomic E-state index is 0.101. The predicted octanol–water partition coefficient (Wildman–Crippen LogP) is 1.33. The number of thiophene rings is 1. The summed E-state index contributed by atoms with van der Waals surface area (Å²) >= 11 is 1.46. The van der Waals surface area contributed by atoms with Crippen LogP contribution in [-0.4, -0.2) is 23.0 Å². The number of amides is 1. The Balaban J connectivity index is 2.31. The number of hydrogen-bond acceptors (Lipinski definition) is 3. The lowest BCUT2D eigenvalue weighted by Gasteiger charge is -2.19. The Morgan fingerprint density at radius 3 is 3.00 bits per heavy atom. The van der Waals surface area contributed by atoms with Gasteiger partial charge in [0.15, 0.2) is 0 Å². The number of carbonyl (C=O) groups excluding carboxylic acids is 1. The lowest BCUT2D eigenvalue weighted by molar-refractivity contribution is -0.138. The smallest absolute Gasteiger partial charge is 0.326 e. The zero-order valence-electron chi connectivity index (χ0n) is 7.34. The molecule has 1 aliphatic heterocycles. The van der Waals surface area contributed by atoms with Gasteiger partial charge in [-0.1, -0.05) is 0 Å². The summed E-state index contributed by atoms with van der Waals surface area (Å²) < 4.78 is 0. The molecule has 14 heavy (non-hydrogen) atoms. The molecule has 1 saturated heterocycles. The molecule has 2 rings (SSSR count). The standard InChI is InChI=1S/C9H9NO3S/c11-8-2-1-7(9(12)13)10(8)6-3-4-14-5-6/h3-5,7H,1-2H2,(H,12,13)/t7-/m0/s1. The number of carbonyl (C=O) groups is 2. The van der Waals surface area contributed by atoms with Crippen molar-refractivity contribution in [1.82, 2.24) is 0 Å². The second kappa shape index (κ2) is 3.42. The third-order valence-electron chi connectivity index (χ3n) is 2.28.